The zero-order chi connectivity index (χ0) is 23.4. The molecule has 0 unspecified atom stereocenters. The number of amides is 1. The number of benzene rings is 2. The van der Waals surface area contributed by atoms with E-state index in [4.69, 9.17) is 9.47 Å². The minimum absolute atomic E-state index is 0.160. The number of nitrogens with one attached hydrogen (secondary N) is 1. The number of carbonyl (C=O) groups is 1. The Morgan fingerprint density at radius 3 is 2.36 bits per heavy atom. The first-order valence-electron chi connectivity index (χ1n) is 11.3. The van der Waals surface area contributed by atoms with Crippen molar-refractivity contribution in [2.45, 2.75) is 37.5 Å². The molecule has 0 saturated carbocycles. The summed E-state index contributed by atoms with van der Waals surface area (Å²) in [5.74, 6) is -0.281. The normalized spacial score (nSPS) is 22.7. The van der Waals surface area contributed by atoms with Crippen LogP contribution >= 0.6 is 0 Å². The van der Waals surface area contributed by atoms with Gasteiger partial charge in [0.05, 0.1) is 30.3 Å². The van der Waals surface area contributed by atoms with Gasteiger partial charge in [-0.3, -0.25) is 9.69 Å². The summed E-state index contributed by atoms with van der Waals surface area (Å²) in [6.07, 6.45) is -0.319. The molecule has 2 aliphatic rings. The average Bonchev–Trinajstić information content (AvgIpc) is 2.79. The second-order valence-electron chi connectivity index (χ2n) is 8.65. The van der Waals surface area contributed by atoms with Crippen molar-refractivity contribution in [3.63, 3.8) is 0 Å². The van der Waals surface area contributed by atoms with Crippen molar-refractivity contribution < 1.29 is 22.7 Å². The molecule has 33 heavy (non-hydrogen) atoms. The summed E-state index contributed by atoms with van der Waals surface area (Å²) in [5, 5.41) is 2.91. The molecule has 2 fully saturated rings. The van der Waals surface area contributed by atoms with Crippen molar-refractivity contribution in [1.82, 2.24) is 9.21 Å². The lowest BCUT2D eigenvalue weighted by Gasteiger charge is -2.34. The number of hydrogen-bond acceptors (Lipinski definition) is 6. The Bertz CT molecular complexity index is 1060. The summed E-state index contributed by atoms with van der Waals surface area (Å²) in [6, 6.07) is 13.9. The van der Waals surface area contributed by atoms with E-state index in [2.05, 4.69) is 10.2 Å². The first-order valence-corrected chi connectivity index (χ1v) is 12.7. The van der Waals surface area contributed by atoms with Gasteiger partial charge < -0.3 is 14.8 Å². The van der Waals surface area contributed by atoms with Crippen LogP contribution in [0.5, 0.6) is 0 Å². The lowest BCUT2D eigenvalue weighted by Crippen LogP contribution is -2.48. The molecule has 2 saturated heterocycles. The molecule has 0 aromatic heterocycles. The minimum atomic E-state index is -3.64. The quantitative estimate of drug-likeness (QED) is 0.694. The highest BCUT2D eigenvalue weighted by Crippen LogP contribution is 2.22. The van der Waals surface area contributed by atoms with Crippen molar-refractivity contribution in [1.29, 1.82) is 0 Å². The molecule has 0 spiro atoms. The fourth-order valence-electron chi connectivity index (χ4n) is 4.22. The zero-order valence-corrected chi connectivity index (χ0v) is 19.9. The Morgan fingerprint density at radius 2 is 1.70 bits per heavy atom. The maximum absolute atomic E-state index is 13.0. The fraction of sp³-hybridized carbons (Fsp3) is 0.458. The fourth-order valence-corrected chi connectivity index (χ4v) is 5.81. The van der Waals surface area contributed by atoms with Crippen LogP contribution in [0.3, 0.4) is 0 Å². The Balaban J connectivity index is 1.41. The van der Waals surface area contributed by atoms with E-state index < -0.39 is 10.0 Å². The van der Waals surface area contributed by atoms with Crippen LogP contribution in [0, 0.1) is 0 Å². The highest BCUT2D eigenvalue weighted by Gasteiger charge is 2.32. The average molecular weight is 474 g/mol. The first-order chi connectivity index (χ1) is 15.8. The predicted molar refractivity (Wildman–Crippen MR) is 126 cm³/mol. The van der Waals surface area contributed by atoms with Crippen LogP contribution in [-0.2, 0) is 26.0 Å². The number of anilines is 1. The number of morpholine rings is 2. The third kappa shape index (κ3) is 5.99. The van der Waals surface area contributed by atoms with E-state index in [0.717, 1.165) is 38.4 Å². The maximum atomic E-state index is 13.0. The van der Waals surface area contributed by atoms with E-state index in [1.165, 1.54) is 16.4 Å². The van der Waals surface area contributed by atoms with Crippen LogP contribution in [0.4, 0.5) is 5.69 Å². The zero-order valence-electron chi connectivity index (χ0n) is 19.1. The molecule has 4 rings (SSSR count). The van der Waals surface area contributed by atoms with Gasteiger partial charge in [0.1, 0.15) is 0 Å². The number of rotatable bonds is 6. The molecular formula is C24H31N3O5S. The molecule has 1 N–H and O–H groups in total. The van der Waals surface area contributed by atoms with Gasteiger partial charge >= 0.3 is 0 Å². The van der Waals surface area contributed by atoms with Crippen LogP contribution < -0.4 is 5.32 Å². The summed E-state index contributed by atoms with van der Waals surface area (Å²) >= 11 is 0. The summed E-state index contributed by atoms with van der Waals surface area (Å²) in [5.41, 5.74) is 2.22. The van der Waals surface area contributed by atoms with Gasteiger partial charge in [-0.05, 0) is 55.8 Å². The van der Waals surface area contributed by atoms with Gasteiger partial charge in [-0.15, -0.1) is 0 Å². The lowest BCUT2D eigenvalue weighted by atomic mass is 10.1. The third-order valence-electron chi connectivity index (χ3n) is 5.84. The monoisotopic (exact) mass is 473 g/mol. The van der Waals surface area contributed by atoms with Gasteiger partial charge in [-0.2, -0.15) is 4.31 Å². The summed E-state index contributed by atoms with van der Waals surface area (Å²) < 4.78 is 38.5. The number of nitrogens with zero attached hydrogens (tertiary/aromatic N) is 2. The highest BCUT2D eigenvalue weighted by molar-refractivity contribution is 7.89. The molecule has 0 bridgehead atoms. The predicted octanol–water partition coefficient (Wildman–Crippen LogP) is 2.57. The second-order valence-corrected chi connectivity index (χ2v) is 10.6. The first kappa shape index (κ1) is 23.8. The third-order valence-corrected chi connectivity index (χ3v) is 7.68. The van der Waals surface area contributed by atoms with Crippen molar-refractivity contribution in [3.05, 3.63) is 59.7 Å². The standard InChI is InChI=1S/C24H31N3O5S/c1-18-15-27(16-19(2)32-18)33(29,30)23-8-6-21(7-9-23)24(28)25-22-5-3-4-20(14-22)17-26-10-12-31-13-11-26/h3-9,14,18-19H,10-13,15-17H2,1-2H3,(H,25,28)/t18-,19-/m1/s1. The van der Waals surface area contributed by atoms with E-state index in [1.807, 2.05) is 38.1 Å². The molecule has 1 amide bonds. The Labute approximate surface area is 195 Å². The van der Waals surface area contributed by atoms with Gasteiger partial charge in [0, 0.05) is 44.0 Å². The van der Waals surface area contributed by atoms with Gasteiger partial charge in [-0.1, -0.05) is 12.1 Å². The molecule has 8 nitrogen and oxygen atoms in total. The number of carbonyl (C=O) groups excluding carboxylic acids is 1. The number of sulfonamides is 1. The Morgan fingerprint density at radius 1 is 1.03 bits per heavy atom. The van der Waals surface area contributed by atoms with Crippen molar-refractivity contribution in [3.8, 4) is 0 Å². The van der Waals surface area contributed by atoms with E-state index in [-0.39, 0.29) is 23.0 Å². The molecule has 2 aromatic rings. The molecular weight excluding hydrogens is 442 g/mol. The van der Waals surface area contributed by atoms with Gasteiger partial charge in [0.25, 0.3) is 5.91 Å². The minimum Gasteiger partial charge on any atom is -0.379 e. The van der Waals surface area contributed by atoms with Crippen molar-refractivity contribution in [2.24, 2.45) is 0 Å². The van der Waals surface area contributed by atoms with Crippen molar-refractivity contribution >= 4 is 21.6 Å². The Hall–Kier alpha value is -2.30. The summed E-state index contributed by atoms with van der Waals surface area (Å²) in [4.78, 5) is 15.2. The van der Waals surface area contributed by atoms with Gasteiger partial charge in [0.2, 0.25) is 10.0 Å². The van der Waals surface area contributed by atoms with Crippen LogP contribution in [0.1, 0.15) is 29.8 Å². The van der Waals surface area contributed by atoms with Crippen LogP contribution in [0.15, 0.2) is 53.4 Å². The number of ether oxygens (including phenoxy) is 2. The van der Waals surface area contributed by atoms with Crippen LogP contribution in [0.2, 0.25) is 0 Å². The van der Waals surface area contributed by atoms with E-state index in [0.29, 0.717) is 24.3 Å². The largest absolute Gasteiger partial charge is 0.379 e. The molecule has 2 heterocycles. The smallest absolute Gasteiger partial charge is 0.255 e. The van der Waals surface area contributed by atoms with Crippen molar-refractivity contribution in [2.75, 3.05) is 44.7 Å². The highest BCUT2D eigenvalue weighted by atomic mass is 32.2. The van der Waals surface area contributed by atoms with E-state index >= 15 is 0 Å². The summed E-state index contributed by atoms with van der Waals surface area (Å²) in [6.45, 7) is 8.44. The number of hydrogen-bond donors (Lipinski definition) is 1. The Kier molecular flexibility index (Phi) is 7.45. The molecule has 2 aliphatic heterocycles. The van der Waals surface area contributed by atoms with Crippen LogP contribution in [-0.4, -0.2) is 75.1 Å². The molecule has 178 valence electrons. The SMILES string of the molecule is C[C@@H]1CN(S(=O)(=O)c2ccc(C(=O)Nc3cccc(CN4CCOCC4)c3)cc2)C[C@@H](C)O1. The van der Waals surface area contributed by atoms with Crippen LogP contribution in [0.25, 0.3) is 0 Å². The summed E-state index contributed by atoms with van der Waals surface area (Å²) in [7, 11) is -3.64. The molecule has 2 aromatic carbocycles. The van der Waals surface area contributed by atoms with E-state index in [1.54, 1.807) is 12.1 Å². The lowest BCUT2D eigenvalue weighted by molar-refractivity contribution is -0.0440. The van der Waals surface area contributed by atoms with Gasteiger partial charge in [0.15, 0.2) is 0 Å². The maximum Gasteiger partial charge on any atom is 0.255 e. The molecule has 0 radical (unpaired) electrons. The molecule has 0 aliphatic carbocycles. The second kappa shape index (κ2) is 10.3. The molecule has 2 atom stereocenters. The van der Waals surface area contributed by atoms with Gasteiger partial charge in [-0.25, -0.2) is 8.42 Å². The molecule has 9 heteroatoms. The topological polar surface area (TPSA) is 88.2 Å². The van der Waals surface area contributed by atoms with E-state index in [9.17, 15) is 13.2 Å².